The Morgan fingerprint density at radius 3 is 2.58 bits per heavy atom. The van der Waals surface area contributed by atoms with E-state index in [0.29, 0.717) is 31.8 Å². The summed E-state index contributed by atoms with van der Waals surface area (Å²) in [5, 5.41) is 35.7. The summed E-state index contributed by atoms with van der Waals surface area (Å²) in [5.41, 5.74) is 4.61. The quantitative estimate of drug-likeness (QED) is 0.295. The number of nitrogens with zero attached hydrogens (tertiary/aromatic N) is 1. The van der Waals surface area contributed by atoms with Gasteiger partial charge in [0.05, 0.1) is 17.3 Å². The molecule has 2 aliphatic carbocycles. The van der Waals surface area contributed by atoms with Gasteiger partial charge in [0.25, 0.3) is 0 Å². The zero-order chi connectivity index (χ0) is 18.1. The van der Waals surface area contributed by atoms with E-state index >= 15 is 0 Å². The van der Waals surface area contributed by atoms with Gasteiger partial charge in [-0.05, 0) is 63.7 Å². The van der Waals surface area contributed by atoms with Crippen LogP contribution in [0.5, 0.6) is 0 Å². The lowest BCUT2D eigenvalue weighted by atomic mass is 9.74. The second-order valence-electron chi connectivity index (χ2n) is 7.92. The third kappa shape index (κ3) is 3.60. The number of aliphatic hydroxyl groups excluding tert-OH is 1. The van der Waals surface area contributed by atoms with Gasteiger partial charge in [-0.25, -0.2) is 0 Å². The summed E-state index contributed by atoms with van der Waals surface area (Å²) < 4.78 is 0. The number of hydrogen-bond acceptors (Lipinski definition) is 4. The van der Waals surface area contributed by atoms with Crippen molar-refractivity contribution in [1.29, 1.82) is 0 Å². The molecule has 6 nitrogen and oxygen atoms in total. The molecule has 0 aliphatic heterocycles. The smallest absolute Gasteiger partial charge is 0.188 e. The first-order chi connectivity index (χ1) is 11.1. The number of aliphatic imine (C=N–C) groups is 1. The summed E-state index contributed by atoms with van der Waals surface area (Å²) in [4.78, 5) is 3.84. The molecule has 2 fully saturated rings. The van der Waals surface area contributed by atoms with Gasteiger partial charge in [-0.1, -0.05) is 12.2 Å². The van der Waals surface area contributed by atoms with Gasteiger partial charge >= 0.3 is 0 Å². The molecular formula is C18H33N3O3. The summed E-state index contributed by atoms with van der Waals surface area (Å²) in [5.74, 6) is 0.307. The summed E-state index contributed by atoms with van der Waals surface area (Å²) in [6, 6.07) is 0. The van der Waals surface area contributed by atoms with E-state index in [0.717, 1.165) is 18.4 Å². The average molecular weight is 339 g/mol. The van der Waals surface area contributed by atoms with Gasteiger partial charge in [0, 0.05) is 13.6 Å². The van der Waals surface area contributed by atoms with Gasteiger partial charge in [0.2, 0.25) is 0 Å². The molecule has 2 rings (SSSR count). The van der Waals surface area contributed by atoms with Crippen molar-refractivity contribution in [3.63, 3.8) is 0 Å². The van der Waals surface area contributed by atoms with Crippen LogP contribution < -0.4 is 11.1 Å². The van der Waals surface area contributed by atoms with Gasteiger partial charge in [0.15, 0.2) is 5.96 Å². The van der Waals surface area contributed by atoms with Crippen molar-refractivity contribution < 1.29 is 15.3 Å². The lowest BCUT2D eigenvalue weighted by Gasteiger charge is -2.38. The molecule has 138 valence electrons. The number of fused-ring (bicyclic) bond motifs is 1. The van der Waals surface area contributed by atoms with Crippen molar-refractivity contribution >= 4 is 5.96 Å². The fraction of sp³-hybridized carbons (Fsp3) is 0.833. The summed E-state index contributed by atoms with van der Waals surface area (Å²) >= 11 is 0. The van der Waals surface area contributed by atoms with E-state index in [1.54, 1.807) is 7.05 Å². The molecule has 0 heterocycles. The Morgan fingerprint density at radius 1 is 1.33 bits per heavy atom. The Morgan fingerprint density at radius 2 is 2.00 bits per heavy atom. The maximum absolute atomic E-state index is 11.3. The van der Waals surface area contributed by atoms with E-state index in [-0.39, 0.29) is 17.8 Å². The zero-order valence-corrected chi connectivity index (χ0v) is 15.1. The molecule has 0 radical (unpaired) electrons. The van der Waals surface area contributed by atoms with Gasteiger partial charge < -0.3 is 26.4 Å². The summed E-state index contributed by atoms with van der Waals surface area (Å²) in [7, 11) is 1.59. The van der Waals surface area contributed by atoms with E-state index < -0.39 is 17.3 Å². The normalized spacial score (nSPS) is 43.2. The van der Waals surface area contributed by atoms with Gasteiger partial charge in [-0.3, -0.25) is 4.99 Å². The van der Waals surface area contributed by atoms with E-state index in [1.807, 2.05) is 13.8 Å². The fourth-order valence-corrected chi connectivity index (χ4v) is 4.61. The summed E-state index contributed by atoms with van der Waals surface area (Å²) in [6.07, 6.45) is 2.24. The minimum atomic E-state index is -1.23. The van der Waals surface area contributed by atoms with Crippen LogP contribution in [0.25, 0.3) is 0 Å². The lowest BCUT2D eigenvalue weighted by Crippen LogP contribution is -2.48. The number of nitrogens with one attached hydrogen (secondary N) is 1. The number of hydrogen-bond donors (Lipinski definition) is 5. The Labute approximate surface area is 144 Å². The van der Waals surface area contributed by atoms with Crippen molar-refractivity contribution in [2.75, 3.05) is 13.6 Å². The number of aliphatic hydroxyl groups is 3. The Bertz CT molecular complexity index is 506. The zero-order valence-electron chi connectivity index (χ0n) is 15.1. The van der Waals surface area contributed by atoms with Crippen LogP contribution in [-0.2, 0) is 0 Å². The van der Waals surface area contributed by atoms with Gasteiger partial charge in [0.1, 0.15) is 0 Å². The predicted molar refractivity (Wildman–Crippen MR) is 95.5 cm³/mol. The first-order valence-corrected chi connectivity index (χ1v) is 8.86. The van der Waals surface area contributed by atoms with Crippen molar-refractivity contribution in [3.8, 4) is 0 Å². The first kappa shape index (κ1) is 19.2. The van der Waals surface area contributed by atoms with Crippen molar-refractivity contribution in [2.45, 2.75) is 63.3 Å². The lowest BCUT2D eigenvalue weighted by molar-refractivity contribution is -0.0996. The monoisotopic (exact) mass is 339 g/mol. The van der Waals surface area contributed by atoms with Crippen LogP contribution in [0.15, 0.2) is 17.1 Å². The molecule has 24 heavy (non-hydrogen) atoms. The topological polar surface area (TPSA) is 111 Å². The molecule has 0 aromatic carbocycles. The number of nitrogens with two attached hydrogens (primary N) is 1. The van der Waals surface area contributed by atoms with Gasteiger partial charge in [-0.15, -0.1) is 0 Å². The van der Waals surface area contributed by atoms with Crippen LogP contribution in [-0.4, -0.2) is 52.2 Å². The van der Waals surface area contributed by atoms with Crippen LogP contribution in [0.4, 0.5) is 0 Å². The number of allylic oxidation sites excluding steroid dienone is 1. The maximum Gasteiger partial charge on any atom is 0.188 e. The molecule has 0 saturated heterocycles. The minimum Gasteiger partial charge on any atom is -0.390 e. The van der Waals surface area contributed by atoms with Crippen molar-refractivity contribution in [3.05, 3.63) is 12.2 Å². The molecular weight excluding hydrogens is 306 g/mol. The highest BCUT2D eigenvalue weighted by Crippen LogP contribution is 2.54. The Hall–Kier alpha value is -1.11. The number of rotatable bonds is 4. The van der Waals surface area contributed by atoms with Crippen LogP contribution in [0.2, 0.25) is 0 Å². The second-order valence-corrected chi connectivity index (χ2v) is 7.92. The number of guanidine groups is 1. The van der Waals surface area contributed by atoms with E-state index in [4.69, 9.17) is 5.73 Å². The SMILES string of the molecule is C=C(C)[C@H]1CC[C@@](C)(O)[C@H]2C[C@@H](O)[C@@](O)(CCNC(N)=NC)[C@H]2C1. The molecule has 0 spiro atoms. The Balaban J connectivity index is 2.22. The molecule has 6 atom stereocenters. The highest BCUT2D eigenvalue weighted by atomic mass is 16.3. The molecule has 0 aromatic heterocycles. The molecule has 6 N–H and O–H groups in total. The molecule has 0 bridgehead atoms. The largest absolute Gasteiger partial charge is 0.390 e. The average Bonchev–Trinajstić information content (AvgIpc) is 2.66. The van der Waals surface area contributed by atoms with Crippen molar-refractivity contribution in [2.24, 2.45) is 28.5 Å². The van der Waals surface area contributed by atoms with Crippen LogP contribution in [0.1, 0.15) is 46.0 Å². The van der Waals surface area contributed by atoms with Crippen LogP contribution in [0, 0.1) is 17.8 Å². The third-order valence-electron chi connectivity index (χ3n) is 6.29. The predicted octanol–water partition coefficient (Wildman–Crippen LogP) is 0.766. The third-order valence-corrected chi connectivity index (χ3v) is 6.29. The maximum atomic E-state index is 11.3. The molecule has 6 heteroatoms. The first-order valence-electron chi connectivity index (χ1n) is 8.86. The van der Waals surface area contributed by atoms with E-state index in [9.17, 15) is 15.3 Å². The molecule has 0 unspecified atom stereocenters. The minimum absolute atomic E-state index is 0.112. The highest BCUT2D eigenvalue weighted by Gasteiger charge is 2.59. The molecule has 2 aliphatic rings. The van der Waals surface area contributed by atoms with Crippen molar-refractivity contribution in [1.82, 2.24) is 5.32 Å². The van der Waals surface area contributed by atoms with Crippen LogP contribution in [0.3, 0.4) is 0 Å². The molecule has 0 amide bonds. The fourth-order valence-electron chi connectivity index (χ4n) is 4.61. The van der Waals surface area contributed by atoms with Crippen LogP contribution >= 0.6 is 0 Å². The Kier molecular flexibility index (Phi) is 5.62. The second kappa shape index (κ2) is 7.02. The summed E-state index contributed by atoms with van der Waals surface area (Å²) in [6.45, 7) is 8.35. The van der Waals surface area contributed by atoms with Gasteiger partial charge in [-0.2, -0.15) is 0 Å². The van der Waals surface area contributed by atoms with E-state index in [2.05, 4.69) is 16.9 Å². The highest BCUT2D eigenvalue weighted by molar-refractivity contribution is 5.77. The van der Waals surface area contributed by atoms with E-state index in [1.165, 1.54) is 0 Å². The standard InChI is InChI=1S/C18H33N3O3/c1-11(2)12-5-6-17(3,23)13-10-15(22)18(24,14(13)9-12)7-8-21-16(19)20-4/h12-15,22-24H,1,5-10H2,2-4H3,(H3,19,20,21)/t12-,13-,14-,15+,17+,18+/m0/s1. The molecule has 0 aromatic rings. The molecule has 2 saturated carbocycles.